The molecule has 124 valence electrons. The van der Waals surface area contributed by atoms with Gasteiger partial charge in [-0.3, -0.25) is 4.79 Å². The Morgan fingerprint density at radius 1 is 1.26 bits per heavy atom. The summed E-state index contributed by atoms with van der Waals surface area (Å²) in [4.78, 5) is 25.8. The van der Waals surface area contributed by atoms with Crippen molar-refractivity contribution in [2.75, 3.05) is 0 Å². The molecule has 2 aliphatic heterocycles. The van der Waals surface area contributed by atoms with Crippen molar-refractivity contribution in [1.82, 2.24) is 0 Å². The Labute approximate surface area is 137 Å². The third-order valence-electron chi connectivity index (χ3n) is 4.73. The molecule has 2 aliphatic rings. The topological polar surface area (TPSA) is 52.6 Å². The fourth-order valence-electron chi connectivity index (χ4n) is 3.73. The summed E-state index contributed by atoms with van der Waals surface area (Å²) in [5.74, 6) is -0.999. The van der Waals surface area contributed by atoms with E-state index in [1.54, 1.807) is 20.8 Å². The molecule has 0 saturated carbocycles. The molecule has 2 saturated heterocycles. The van der Waals surface area contributed by atoms with Gasteiger partial charge in [0.05, 0.1) is 5.60 Å². The van der Waals surface area contributed by atoms with Crippen molar-refractivity contribution in [2.45, 2.75) is 69.7 Å². The third kappa shape index (κ3) is 2.69. The Morgan fingerprint density at radius 2 is 1.91 bits per heavy atom. The molecule has 0 N–H and O–H groups in total. The summed E-state index contributed by atoms with van der Waals surface area (Å²) in [5, 5.41) is 0. The molecule has 2 bridgehead atoms. The van der Waals surface area contributed by atoms with Gasteiger partial charge in [0.2, 0.25) is 5.60 Å². The first kappa shape index (κ1) is 16.2. The van der Waals surface area contributed by atoms with Crippen LogP contribution in [0.5, 0.6) is 0 Å². The van der Waals surface area contributed by atoms with Crippen LogP contribution in [0.4, 0.5) is 0 Å². The molecule has 2 heterocycles. The standard InChI is InChI=1S/C19H24O4/c1-17(2,3)22-16(21)19-14(13-8-6-5-7-9-13)12-18(4,23-19)11-10-15(19)20/h5-9,14H,10-12H2,1-4H3/t14-,18+,19+/m0/s1. The summed E-state index contributed by atoms with van der Waals surface area (Å²) in [6.45, 7) is 7.41. The van der Waals surface area contributed by atoms with Gasteiger partial charge in [0, 0.05) is 12.3 Å². The SMILES string of the molecule is CC(C)(C)OC(=O)[C@]12O[C@](C)(CCC1=O)C[C@H]2c1ccccc1. The number of carbonyl (C=O) groups is 2. The number of ketones is 1. The van der Waals surface area contributed by atoms with Gasteiger partial charge in [-0.1, -0.05) is 30.3 Å². The minimum atomic E-state index is -1.50. The number of benzene rings is 1. The first-order chi connectivity index (χ1) is 10.7. The van der Waals surface area contributed by atoms with E-state index in [1.807, 2.05) is 37.3 Å². The second-order valence-electron chi connectivity index (χ2n) is 7.88. The Balaban J connectivity index is 2.07. The first-order valence-corrected chi connectivity index (χ1v) is 8.18. The molecule has 4 nitrogen and oxygen atoms in total. The predicted molar refractivity (Wildman–Crippen MR) is 86.1 cm³/mol. The highest BCUT2D eigenvalue weighted by molar-refractivity contribution is 6.09. The molecule has 2 fully saturated rings. The van der Waals surface area contributed by atoms with Crippen molar-refractivity contribution in [2.24, 2.45) is 0 Å². The van der Waals surface area contributed by atoms with Crippen molar-refractivity contribution in [1.29, 1.82) is 0 Å². The van der Waals surface area contributed by atoms with Gasteiger partial charge in [-0.2, -0.15) is 0 Å². The molecule has 3 rings (SSSR count). The van der Waals surface area contributed by atoms with E-state index in [0.717, 1.165) is 5.56 Å². The lowest BCUT2D eigenvalue weighted by molar-refractivity contribution is -0.199. The van der Waals surface area contributed by atoms with Crippen LogP contribution in [-0.2, 0) is 19.1 Å². The van der Waals surface area contributed by atoms with E-state index in [4.69, 9.17) is 9.47 Å². The molecule has 0 radical (unpaired) electrons. The summed E-state index contributed by atoms with van der Waals surface area (Å²) < 4.78 is 11.7. The highest BCUT2D eigenvalue weighted by Gasteiger charge is 2.66. The van der Waals surface area contributed by atoms with Gasteiger partial charge >= 0.3 is 5.97 Å². The predicted octanol–water partition coefficient (Wildman–Crippen LogP) is 3.39. The smallest absolute Gasteiger partial charge is 0.347 e. The van der Waals surface area contributed by atoms with E-state index in [0.29, 0.717) is 19.3 Å². The molecule has 0 aliphatic carbocycles. The van der Waals surface area contributed by atoms with Crippen LogP contribution in [0.2, 0.25) is 0 Å². The maximum Gasteiger partial charge on any atom is 0.347 e. The number of esters is 1. The van der Waals surface area contributed by atoms with Gasteiger partial charge in [0.1, 0.15) is 5.60 Å². The summed E-state index contributed by atoms with van der Waals surface area (Å²) >= 11 is 0. The molecule has 1 aromatic rings. The molecular formula is C19H24O4. The highest BCUT2D eigenvalue weighted by Crippen LogP contribution is 2.54. The Hall–Kier alpha value is -1.68. The lowest BCUT2D eigenvalue weighted by Gasteiger charge is -2.38. The number of rotatable bonds is 2. The lowest BCUT2D eigenvalue weighted by Crippen LogP contribution is -2.56. The number of carbonyl (C=O) groups excluding carboxylic acids is 2. The number of fused-ring (bicyclic) bond motifs is 2. The van der Waals surface area contributed by atoms with E-state index in [2.05, 4.69) is 0 Å². The second kappa shape index (κ2) is 5.17. The monoisotopic (exact) mass is 316 g/mol. The molecule has 1 aromatic carbocycles. The van der Waals surface area contributed by atoms with Crippen LogP contribution in [0.25, 0.3) is 0 Å². The average molecular weight is 316 g/mol. The zero-order valence-electron chi connectivity index (χ0n) is 14.2. The van der Waals surface area contributed by atoms with Gasteiger partial charge < -0.3 is 9.47 Å². The lowest BCUT2D eigenvalue weighted by atomic mass is 9.79. The first-order valence-electron chi connectivity index (χ1n) is 8.18. The number of hydrogen-bond donors (Lipinski definition) is 0. The van der Waals surface area contributed by atoms with Crippen LogP contribution in [0, 0.1) is 0 Å². The normalized spacial score (nSPS) is 33.6. The number of ether oxygens (including phenoxy) is 2. The molecule has 0 aromatic heterocycles. The fourth-order valence-corrected chi connectivity index (χ4v) is 3.73. The van der Waals surface area contributed by atoms with Crippen molar-refractivity contribution >= 4 is 11.8 Å². The second-order valence-corrected chi connectivity index (χ2v) is 7.88. The summed E-state index contributed by atoms with van der Waals surface area (Å²) in [6.07, 6.45) is 1.67. The molecular weight excluding hydrogens is 292 g/mol. The minimum Gasteiger partial charge on any atom is -0.457 e. The Bertz CT molecular complexity index is 631. The maximum atomic E-state index is 13.0. The minimum absolute atomic E-state index is 0.157. The number of hydrogen-bond acceptors (Lipinski definition) is 4. The van der Waals surface area contributed by atoms with Crippen LogP contribution >= 0.6 is 0 Å². The zero-order valence-corrected chi connectivity index (χ0v) is 14.2. The van der Waals surface area contributed by atoms with Gasteiger partial charge in [0.25, 0.3) is 0 Å². The van der Waals surface area contributed by atoms with Gasteiger partial charge in [-0.15, -0.1) is 0 Å². The number of Topliss-reactive ketones (excluding diaryl/α,β-unsaturated/α-hetero) is 1. The maximum absolute atomic E-state index is 13.0. The van der Waals surface area contributed by atoms with E-state index >= 15 is 0 Å². The van der Waals surface area contributed by atoms with Crippen LogP contribution in [0.1, 0.15) is 58.4 Å². The van der Waals surface area contributed by atoms with Crippen molar-refractivity contribution in [3.05, 3.63) is 35.9 Å². The van der Waals surface area contributed by atoms with Crippen molar-refractivity contribution < 1.29 is 19.1 Å². The van der Waals surface area contributed by atoms with E-state index in [-0.39, 0.29) is 11.7 Å². The van der Waals surface area contributed by atoms with Crippen LogP contribution < -0.4 is 0 Å². The summed E-state index contributed by atoms with van der Waals surface area (Å²) in [7, 11) is 0. The van der Waals surface area contributed by atoms with Gasteiger partial charge in [-0.05, 0) is 46.1 Å². The molecule has 3 atom stereocenters. The quantitative estimate of drug-likeness (QED) is 0.620. The fraction of sp³-hybridized carbons (Fsp3) is 0.579. The Morgan fingerprint density at radius 3 is 2.52 bits per heavy atom. The van der Waals surface area contributed by atoms with E-state index < -0.39 is 22.8 Å². The highest BCUT2D eigenvalue weighted by atomic mass is 16.6. The summed E-state index contributed by atoms with van der Waals surface area (Å²) in [6, 6.07) is 9.69. The largest absolute Gasteiger partial charge is 0.457 e. The van der Waals surface area contributed by atoms with Crippen LogP contribution in [0.15, 0.2) is 30.3 Å². The molecule has 0 spiro atoms. The Kier molecular flexibility index (Phi) is 3.64. The molecule has 0 unspecified atom stereocenters. The van der Waals surface area contributed by atoms with Crippen LogP contribution in [0.3, 0.4) is 0 Å². The van der Waals surface area contributed by atoms with E-state index in [9.17, 15) is 9.59 Å². The average Bonchev–Trinajstić information content (AvgIpc) is 2.74. The van der Waals surface area contributed by atoms with Crippen LogP contribution in [-0.4, -0.2) is 28.6 Å². The molecule has 4 heteroatoms. The van der Waals surface area contributed by atoms with Crippen molar-refractivity contribution in [3.8, 4) is 0 Å². The van der Waals surface area contributed by atoms with Gasteiger partial charge in [0.15, 0.2) is 5.78 Å². The molecule has 23 heavy (non-hydrogen) atoms. The third-order valence-corrected chi connectivity index (χ3v) is 4.73. The van der Waals surface area contributed by atoms with Gasteiger partial charge in [-0.25, -0.2) is 4.79 Å². The summed E-state index contributed by atoms with van der Waals surface area (Å²) in [5.41, 5.74) is -1.66. The zero-order chi connectivity index (χ0) is 16.9. The van der Waals surface area contributed by atoms with E-state index in [1.165, 1.54) is 0 Å². The molecule has 0 amide bonds. The van der Waals surface area contributed by atoms with Crippen molar-refractivity contribution in [3.63, 3.8) is 0 Å².